The molecule has 0 aliphatic heterocycles. The molecule has 0 aliphatic rings. The predicted molar refractivity (Wildman–Crippen MR) is 68.2 cm³/mol. The topological polar surface area (TPSA) is 29.1 Å². The van der Waals surface area contributed by atoms with Crippen molar-refractivity contribution in [1.82, 2.24) is 0 Å². The number of anilines is 1. The molecular formula is C12H14BrNO. The number of halogens is 1. The lowest BCUT2D eigenvalue weighted by atomic mass is 10.2. The van der Waals surface area contributed by atoms with Gasteiger partial charge >= 0.3 is 0 Å². The molecule has 80 valence electrons. The van der Waals surface area contributed by atoms with E-state index < -0.39 is 0 Å². The van der Waals surface area contributed by atoms with Crippen LogP contribution in [0.2, 0.25) is 0 Å². The summed E-state index contributed by atoms with van der Waals surface area (Å²) in [6, 6.07) is 7.76. The Kier molecular flexibility index (Phi) is 5.12. The summed E-state index contributed by atoms with van der Waals surface area (Å²) >= 11 is 3.36. The Morgan fingerprint density at radius 3 is 2.60 bits per heavy atom. The molecule has 0 saturated heterocycles. The fourth-order valence-corrected chi connectivity index (χ4v) is 1.43. The van der Waals surface area contributed by atoms with Gasteiger partial charge in [0.25, 0.3) is 0 Å². The summed E-state index contributed by atoms with van der Waals surface area (Å²) in [5.74, 6) is -0.0439. The van der Waals surface area contributed by atoms with Crippen LogP contribution in [0.5, 0.6) is 0 Å². The molecule has 15 heavy (non-hydrogen) atoms. The molecule has 0 radical (unpaired) electrons. The summed E-state index contributed by atoms with van der Waals surface area (Å²) in [6.45, 7) is 1.50. The Bertz CT molecular complexity index is 343. The van der Waals surface area contributed by atoms with Gasteiger partial charge in [0.15, 0.2) is 0 Å². The molecule has 2 nitrogen and oxygen atoms in total. The first-order valence-corrected chi connectivity index (χ1v) is 5.94. The number of rotatable bonds is 4. The zero-order valence-corrected chi connectivity index (χ0v) is 10.3. The second kappa shape index (κ2) is 6.40. The highest BCUT2D eigenvalue weighted by Gasteiger charge is 1.93. The number of allylic oxidation sites excluding steroid dienone is 1. The largest absolute Gasteiger partial charge is 0.326 e. The highest BCUT2D eigenvalue weighted by Crippen LogP contribution is 2.11. The Hall–Kier alpha value is -1.09. The van der Waals surface area contributed by atoms with Crippen LogP contribution >= 0.6 is 15.9 Å². The maximum Gasteiger partial charge on any atom is 0.221 e. The SMILES string of the molecule is CC(=O)Nc1ccc(C=CCCBr)cc1. The smallest absolute Gasteiger partial charge is 0.221 e. The quantitative estimate of drug-likeness (QED) is 0.832. The molecule has 0 saturated carbocycles. The normalized spacial score (nSPS) is 10.5. The van der Waals surface area contributed by atoms with Crippen LogP contribution in [0.3, 0.4) is 0 Å². The third-order valence-corrected chi connectivity index (χ3v) is 2.27. The summed E-state index contributed by atoms with van der Waals surface area (Å²) in [5, 5.41) is 3.71. The van der Waals surface area contributed by atoms with Gasteiger partial charge in [-0.3, -0.25) is 4.79 Å². The molecule has 1 rings (SSSR count). The average molecular weight is 268 g/mol. The van der Waals surface area contributed by atoms with E-state index in [4.69, 9.17) is 0 Å². The van der Waals surface area contributed by atoms with Crippen LogP contribution in [0.1, 0.15) is 18.9 Å². The van der Waals surface area contributed by atoms with E-state index in [1.807, 2.05) is 24.3 Å². The van der Waals surface area contributed by atoms with Crippen LogP contribution in [0.25, 0.3) is 6.08 Å². The summed E-state index contributed by atoms with van der Waals surface area (Å²) in [5.41, 5.74) is 1.98. The number of carbonyl (C=O) groups is 1. The maximum atomic E-state index is 10.8. The Labute approximate surface area is 98.5 Å². The van der Waals surface area contributed by atoms with E-state index in [1.165, 1.54) is 6.92 Å². The number of amides is 1. The Balaban J connectivity index is 2.60. The molecule has 1 N–H and O–H groups in total. The van der Waals surface area contributed by atoms with Crippen LogP contribution in [0.15, 0.2) is 30.3 Å². The molecule has 0 unspecified atom stereocenters. The van der Waals surface area contributed by atoms with Crippen LogP contribution in [-0.2, 0) is 4.79 Å². The number of hydrogen-bond acceptors (Lipinski definition) is 1. The van der Waals surface area contributed by atoms with Gasteiger partial charge < -0.3 is 5.32 Å². The zero-order chi connectivity index (χ0) is 11.1. The highest BCUT2D eigenvalue weighted by molar-refractivity contribution is 9.09. The summed E-state index contributed by atoms with van der Waals surface area (Å²) in [6.07, 6.45) is 5.20. The molecule has 0 bridgehead atoms. The minimum Gasteiger partial charge on any atom is -0.326 e. The van der Waals surface area contributed by atoms with Crippen LogP contribution in [0, 0.1) is 0 Å². The first-order chi connectivity index (χ1) is 7.22. The first kappa shape index (κ1) is 12.0. The molecule has 3 heteroatoms. The van der Waals surface area contributed by atoms with E-state index in [9.17, 15) is 4.79 Å². The molecular weight excluding hydrogens is 254 g/mol. The molecule has 1 aromatic rings. The van der Waals surface area contributed by atoms with Crippen molar-refractivity contribution in [3.63, 3.8) is 0 Å². The van der Waals surface area contributed by atoms with Gasteiger partial charge in [0.1, 0.15) is 0 Å². The van der Waals surface area contributed by atoms with E-state index in [0.717, 1.165) is 23.0 Å². The lowest BCUT2D eigenvalue weighted by Crippen LogP contribution is -2.05. The minimum atomic E-state index is -0.0439. The molecule has 1 amide bonds. The van der Waals surface area contributed by atoms with Crippen molar-refractivity contribution >= 4 is 33.6 Å². The standard InChI is InChI=1S/C12H14BrNO/c1-10(15)14-12-7-5-11(6-8-12)4-2-3-9-13/h2,4-8H,3,9H2,1H3,(H,14,15). The van der Waals surface area contributed by atoms with Gasteiger partial charge in [-0.2, -0.15) is 0 Å². The summed E-state index contributed by atoms with van der Waals surface area (Å²) in [4.78, 5) is 10.8. The van der Waals surface area contributed by atoms with Gasteiger partial charge in [0.05, 0.1) is 0 Å². The average Bonchev–Trinajstić information content (AvgIpc) is 2.20. The molecule has 0 atom stereocenters. The van der Waals surface area contributed by atoms with Gasteiger partial charge in [0.2, 0.25) is 5.91 Å². The monoisotopic (exact) mass is 267 g/mol. The van der Waals surface area contributed by atoms with E-state index in [0.29, 0.717) is 0 Å². The van der Waals surface area contributed by atoms with Crippen molar-refractivity contribution in [2.45, 2.75) is 13.3 Å². The Morgan fingerprint density at radius 2 is 2.07 bits per heavy atom. The third kappa shape index (κ3) is 4.79. The van der Waals surface area contributed by atoms with Gasteiger partial charge in [-0.25, -0.2) is 0 Å². The molecule has 0 aliphatic carbocycles. The van der Waals surface area contributed by atoms with Crippen LogP contribution in [0.4, 0.5) is 5.69 Å². The van der Waals surface area contributed by atoms with Crippen LogP contribution < -0.4 is 5.32 Å². The fourth-order valence-electron chi connectivity index (χ4n) is 1.16. The first-order valence-electron chi connectivity index (χ1n) is 4.82. The van der Waals surface area contributed by atoms with Crippen molar-refractivity contribution < 1.29 is 4.79 Å². The van der Waals surface area contributed by atoms with Crippen molar-refractivity contribution in [3.8, 4) is 0 Å². The fraction of sp³-hybridized carbons (Fsp3) is 0.250. The van der Waals surface area contributed by atoms with E-state index >= 15 is 0 Å². The van der Waals surface area contributed by atoms with E-state index in [2.05, 4.69) is 33.4 Å². The second-order valence-electron chi connectivity index (χ2n) is 3.18. The predicted octanol–water partition coefficient (Wildman–Crippen LogP) is 3.44. The van der Waals surface area contributed by atoms with Gasteiger partial charge in [-0.1, -0.05) is 40.2 Å². The van der Waals surface area contributed by atoms with Crippen molar-refractivity contribution in [2.75, 3.05) is 10.6 Å². The number of nitrogens with one attached hydrogen (secondary N) is 1. The minimum absolute atomic E-state index is 0.0439. The maximum absolute atomic E-state index is 10.8. The van der Waals surface area contributed by atoms with Gasteiger partial charge in [-0.05, 0) is 24.1 Å². The lowest BCUT2D eigenvalue weighted by Gasteiger charge is -2.01. The van der Waals surface area contributed by atoms with Crippen LogP contribution in [-0.4, -0.2) is 11.2 Å². The number of benzene rings is 1. The molecule has 0 aromatic heterocycles. The number of carbonyl (C=O) groups excluding carboxylic acids is 1. The van der Waals surface area contributed by atoms with Crippen molar-refractivity contribution in [2.24, 2.45) is 0 Å². The summed E-state index contributed by atoms with van der Waals surface area (Å²) < 4.78 is 0. The molecule has 1 aromatic carbocycles. The third-order valence-electron chi connectivity index (χ3n) is 1.82. The molecule has 0 spiro atoms. The summed E-state index contributed by atoms with van der Waals surface area (Å²) in [7, 11) is 0. The van der Waals surface area contributed by atoms with E-state index in [1.54, 1.807) is 0 Å². The van der Waals surface area contributed by atoms with Gasteiger partial charge in [0, 0.05) is 17.9 Å². The van der Waals surface area contributed by atoms with Crippen molar-refractivity contribution in [1.29, 1.82) is 0 Å². The Morgan fingerprint density at radius 1 is 1.40 bits per heavy atom. The number of hydrogen-bond donors (Lipinski definition) is 1. The zero-order valence-electron chi connectivity index (χ0n) is 8.66. The van der Waals surface area contributed by atoms with Gasteiger partial charge in [-0.15, -0.1) is 0 Å². The number of alkyl halides is 1. The molecule has 0 heterocycles. The van der Waals surface area contributed by atoms with Crippen molar-refractivity contribution in [3.05, 3.63) is 35.9 Å². The second-order valence-corrected chi connectivity index (χ2v) is 3.98. The lowest BCUT2D eigenvalue weighted by molar-refractivity contribution is -0.114. The highest BCUT2D eigenvalue weighted by atomic mass is 79.9. The molecule has 0 fully saturated rings. The van der Waals surface area contributed by atoms with E-state index in [-0.39, 0.29) is 5.91 Å².